The van der Waals surface area contributed by atoms with Crippen LogP contribution >= 0.6 is 0 Å². The van der Waals surface area contributed by atoms with Crippen LogP contribution in [0.5, 0.6) is 0 Å². The molecule has 1 saturated heterocycles. The molecule has 0 aliphatic carbocycles. The molecule has 2 heterocycles. The largest absolute Gasteiger partial charge is 0.416 e. The quantitative estimate of drug-likeness (QED) is 0.926. The highest BCUT2D eigenvalue weighted by Crippen LogP contribution is 2.29. The van der Waals surface area contributed by atoms with Crippen molar-refractivity contribution in [2.45, 2.75) is 25.7 Å². The molecule has 3 rings (SSSR count). The Labute approximate surface area is 131 Å². The Morgan fingerprint density at radius 3 is 2.65 bits per heavy atom. The second-order valence-corrected chi connectivity index (χ2v) is 5.58. The molecule has 124 valence electrons. The molecule has 1 fully saturated rings. The normalized spacial score (nSPS) is 19.9. The van der Waals surface area contributed by atoms with E-state index in [9.17, 15) is 13.2 Å². The lowest BCUT2D eigenvalue weighted by atomic mass is 10.2. The van der Waals surface area contributed by atoms with Gasteiger partial charge in [0.2, 0.25) is 0 Å². The molecule has 9 heteroatoms. The van der Waals surface area contributed by atoms with E-state index >= 15 is 0 Å². The summed E-state index contributed by atoms with van der Waals surface area (Å²) in [4.78, 5) is 2.24. The number of nitrogens with zero attached hydrogens (tertiary/aromatic N) is 5. The second-order valence-electron chi connectivity index (χ2n) is 5.58. The maximum atomic E-state index is 12.6. The van der Waals surface area contributed by atoms with Crippen molar-refractivity contribution in [3.8, 4) is 5.69 Å². The zero-order valence-corrected chi connectivity index (χ0v) is 12.6. The summed E-state index contributed by atoms with van der Waals surface area (Å²) in [6, 6.07) is 5.18. The predicted molar refractivity (Wildman–Crippen MR) is 76.9 cm³/mol. The van der Waals surface area contributed by atoms with Crippen molar-refractivity contribution >= 4 is 0 Å². The molecule has 6 nitrogen and oxygen atoms in total. The Balaban J connectivity index is 1.80. The maximum Gasteiger partial charge on any atom is 0.416 e. The molecule has 0 bridgehead atoms. The highest BCUT2D eigenvalue weighted by molar-refractivity contribution is 5.35. The van der Waals surface area contributed by atoms with Crippen LogP contribution in [0, 0.1) is 0 Å². The van der Waals surface area contributed by atoms with Crippen molar-refractivity contribution in [3.63, 3.8) is 0 Å². The van der Waals surface area contributed by atoms with Gasteiger partial charge in [-0.2, -0.15) is 17.9 Å². The van der Waals surface area contributed by atoms with E-state index in [-0.39, 0.29) is 0 Å². The molecule has 1 aromatic heterocycles. The number of rotatable bonds is 3. The Hall–Kier alpha value is -2.00. The van der Waals surface area contributed by atoms with Crippen molar-refractivity contribution < 1.29 is 13.2 Å². The van der Waals surface area contributed by atoms with Gasteiger partial charge in [-0.05, 0) is 41.6 Å². The third-order valence-corrected chi connectivity index (χ3v) is 3.96. The van der Waals surface area contributed by atoms with Gasteiger partial charge in [-0.25, -0.2) is 0 Å². The number of benzene rings is 1. The highest BCUT2D eigenvalue weighted by atomic mass is 19.4. The zero-order chi connectivity index (χ0) is 16.4. The minimum atomic E-state index is -4.35. The van der Waals surface area contributed by atoms with Gasteiger partial charge in [-0.15, -0.1) is 5.10 Å². The first-order valence-electron chi connectivity index (χ1n) is 7.35. The summed E-state index contributed by atoms with van der Waals surface area (Å²) >= 11 is 0. The number of hydrogen-bond acceptors (Lipinski definition) is 5. The number of hydrogen-bond donors (Lipinski definition) is 1. The van der Waals surface area contributed by atoms with Gasteiger partial charge in [0.05, 0.1) is 17.8 Å². The summed E-state index contributed by atoms with van der Waals surface area (Å²) in [5, 5.41) is 14.9. The molecule has 1 aliphatic heterocycles. The van der Waals surface area contributed by atoms with Gasteiger partial charge in [0, 0.05) is 25.7 Å². The number of piperazine rings is 1. The van der Waals surface area contributed by atoms with Crippen molar-refractivity contribution in [2.24, 2.45) is 0 Å². The molecule has 1 atom stereocenters. The zero-order valence-electron chi connectivity index (χ0n) is 12.6. The smallest absolute Gasteiger partial charge is 0.314 e. The lowest BCUT2D eigenvalue weighted by Gasteiger charge is -2.33. The molecule has 0 amide bonds. The maximum absolute atomic E-state index is 12.6. The van der Waals surface area contributed by atoms with E-state index in [4.69, 9.17) is 0 Å². The minimum Gasteiger partial charge on any atom is -0.314 e. The average molecular weight is 326 g/mol. The average Bonchev–Trinajstić information content (AvgIpc) is 2.97. The second kappa shape index (κ2) is 6.25. The first-order chi connectivity index (χ1) is 10.9. The fourth-order valence-electron chi connectivity index (χ4n) is 2.60. The van der Waals surface area contributed by atoms with E-state index in [1.165, 1.54) is 16.8 Å². The molecule has 0 saturated carbocycles. The van der Waals surface area contributed by atoms with E-state index in [2.05, 4.69) is 32.7 Å². The number of alkyl halides is 3. The van der Waals surface area contributed by atoms with Crippen LogP contribution < -0.4 is 5.32 Å². The molecule has 1 aliphatic rings. The van der Waals surface area contributed by atoms with E-state index in [1.54, 1.807) is 0 Å². The molecular weight excluding hydrogens is 309 g/mol. The van der Waals surface area contributed by atoms with Gasteiger partial charge >= 0.3 is 6.18 Å². The van der Waals surface area contributed by atoms with Crippen LogP contribution in [0.1, 0.15) is 18.3 Å². The molecule has 23 heavy (non-hydrogen) atoms. The number of aromatic nitrogens is 4. The van der Waals surface area contributed by atoms with Crippen LogP contribution in [0.25, 0.3) is 5.69 Å². The molecule has 1 N–H and O–H groups in total. The Kier molecular flexibility index (Phi) is 4.31. The van der Waals surface area contributed by atoms with Gasteiger partial charge in [0.1, 0.15) is 0 Å². The summed E-state index contributed by atoms with van der Waals surface area (Å²) in [5.41, 5.74) is -0.174. The summed E-state index contributed by atoms with van der Waals surface area (Å²) < 4.78 is 39.4. The van der Waals surface area contributed by atoms with Crippen molar-refractivity contribution in [1.82, 2.24) is 30.4 Å². The molecule has 0 spiro atoms. The Bertz CT molecular complexity index is 651. The molecule has 1 aromatic carbocycles. The van der Waals surface area contributed by atoms with Crippen LogP contribution in [-0.2, 0) is 12.7 Å². The summed E-state index contributed by atoms with van der Waals surface area (Å²) in [6.07, 6.45) is -4.35. The predicted octanol–water partition coefficient (Wildman–Crippen LogP) is 1.47. The van der Waals surface area contributed by atoms with Crippen LogP contribution in [-0.4, -0.2) is 50.8 Å². The molecular formula is C14H17F3N6. The van der Waals surface area contributed by atoms with Gasteiger partial charge < -0.3 is 5.32 Å². The number of tetrazole rings is 1. The number of halogens is 3. The van der Waals surface area contributed by atoms with Gasteiger partial charge in [0.25, 0.3) is 0 Å². The standard InChI is InChI=1S/C14H17F3N6/c1-10-8-18-6-7-22(10)9-13-19-20-21-23(13)12-4-2-11(3-5-12)14(15,16)17/h2-5,10,18H,6-9H2,1H3/t10-/m0/s1. The Morgan fingerprint density at radius 1 is 1.26 bits per heavy atom. The molecule has 0 radical (unpaired) electrons. The summed E-state index contributed by atoms with van der Waals surface area (Å²) in [5.74, 6) is 0.610. The van der Waals surface area contributed by atoms with E-state index < -0.39 is 11.7 Å². The summed E-state index contributed by atoms with van der Waals surface area (Å²) in [7, 11) is 0. The topological polar surface area (TPSA) is 58.9 Å². The van der Waals surface area contributed by atoms with E-state index in [0.717, 1.165) is 31.8 Å². The summed E-state index contributed by atoms with van der Waals surface area (Å²) in [6.45, 7) is 5.32. The lowest BCUT2D eigenvalue weighted by Crippen LogP contribution is -2.49. The monoisotopic (exact) mass is 326 g/mol. The third kappa shape index (κ3) is 3.50. The number of nitrogens with one attached hydrogen (secondary N) is 1. The third-order valence-electron chi connectivity index (χ3n) is 3.96. The first kappa shape index (κ1) is 15.9. The van der Waals surface area contributed by atoms with Gasteiger partial charge in [0.15, 0.2) is 5.82 Å². The lowest BCUT2D eigenvalue weighted by molar-refractivity contribution is -0.137. The van der Waals surface area contributed by atoms with Crippen LogP contribution in [0.2, 0.25) is 0 Å². The van der Waals surface area contributed by atoms with Crippen molar-refractivity contribution in [2.75, 3.05) is 19.6 Å². The van der Waals surface area contributed by atoms with E-state index in [0.29, 0.717) is 24.1 Å². The van der Waals surface area contributed by atoms with Crippen molar-refractivity contribution in [3.05, 3.63) is 35.7 Å². The minimum absolute atomic E-state index is 0.349. The van der Waals surface area contributed by atoms with Gasteiger partial charge in [-0.1, -0.05) is 0 Å². The van der Waals surface area contributed by atoms with Crippen LogP contribution in [0.3, 0.4) is 0 Å². The first-order valence-corrected chi connectivity index (χ1v) is 7.35. The van der Waals surface area contributed by atoms with Crippen molar-refractivity contribution in [1.29, 1.82) is 0 Å². The van der Waals surface area contributed by atoms with E-state index in [1.807, 2.05) is 0 Å². The van der Waals surface area contributed by atoms with Crippen LogP contribution in [0.15, 0.2) is 24.3 Å². The SMILES string of the molecule is C[C@H]1CNCCN1Cc1nnnn1-c1ccc(C(F)(F)F)cc1. The highest BCUT2D eigenvalue weighted by Gasteiger charge is 2.30. The Morgan fingerprint density at radius 2 is 2.00 bits per heavy atom. The van der Waals surface area contributed by atoms with Crippen LogP contribution in [0.4, 0.5) is 13.2 Å². The van der Waals surface area contributed by atoms with Gasteiger partial charge in [-0.3, -0.25) is 4.90 Å². The fraction of sp³-hybridized carbons (Fsp3) is 0.500. The fourth-order valence-corrected chi connectivity index (χ4v) is 2.60. The molecule has 2 aromatic rings. The molecule has 0 unspecified atom stereocenters.